The highest BCUT2D eigenvalue weighted by atomic mass is 32.7. The minimum atomic E-state index is -4.66. The van der Waals surface area contributed by atoms with Crippen LogP contribution in [0, 0.1) is 10.8 Å². The average molecular weight is 923 g/mol. The van der Waals surface area contributed by atoms with Gasteiger partial charge < -0.3 is 30.4 Å². The van der Waals surface area contributed by atoms with Crippen molar-refractivity contribution in [2.24, 2.45) is 10.8 Å². The largest absolute Gasteiger partial charge is 0.454 e. The first-order chi connectivity index (χ1) is 28.2. The lowest BCUT2D eigenvalue weighted by atomic mass is 9.98. The number of aromatic nitrogens is 8. The third-order valence-electron chi connectivity index (χ3n) is 9.18. The fraction of sp³-hybridized carbons (Fsp3) is 0.625. The first kappa shape index (κ1) is 44.5. The van der Waals surface area contributed by atoms with Crippen LogP contribution in [-0.4, -0.2) is 113 Å². The summed E-state index contributed by atoms with van der Waals surface area (Å²) in [6.07, 6.45) is -9.50. The van der Waals surface area contributed by atoms with Crippen LogP contribution in [0.15, 0.2) is 25.3 Å². The van der Waals surface area contributed by atoms with Crippen LogP contribution in [0.2, 0.25) is 0 Å². The molecule has 3 aliphatic heterocycles. The van der Waals surface area contributed by atoms with Crippen molar-refractivity contribution in [3.8, 4) is 0 Å². The SMILES string of the molecule is CC(C)(C)C(=O)OCS[P@@]1(=O)OC[C@H]2O[C@@H](n3cnc4c(N)ncnc43)[C@H](F)[C@@H]2O[P@@](=O)(SCOC(=O)C(C)(C)C)OC[C@H]2O[C@@H](n3cnc4c(N)ncnc43)[C@H](F)[C@@H]2O1. The highest BCUT2D eigenvalue weighted by molar-refractivity contribution is 8.55. The second kappa shape index (κ2) is 16.9. The molecule has 0 amide bonds. The Hall–Kier alpha value is -3.58. The Kier molecular flexibility index (Phi) is 12.6. The molecule has 0 spiro atoms. The maximum atomic E-state index is 16.9. The highest BCUT2D eigenvalue weighted by Gasteiger charge is 2.56. The minimum Gasteiger partial charge on any atom is -0.454 e. The predicted octanol–water partition coefficient (Wildman–Crippen LogP) is 4.90. The average Bonchev–Trinajstić information content (AvgIpc) is 3.94. The van der Waals surface area contributed by atoms with Gasteiger partial charge in [0.25, 0.3) is 0 Å². The molecule has 7 rings (SSSR count). The number of hydrogen-bond acceptors (Lipinski definition) is 22. The summed E-state index contributed by atoms with van der Waals surface area (Å²) in [6.45, 7) is -1.26. The standard InChI is InChI=1S/C32H42F2N10O12P2S2/c1-31(2,3)29(45)49-13-59-57(47)51-7-15-22(18(34)28(53-15)44-12-42-20-24(36)38-10-40-26(20)44)56-58(48,60-14-50-30(46)32(4,5)6)52-8-16-21(55-57)17(33)27(54-16)43-11-41-19-23(35)37-9-39-25(19)43/h9-12,15-18,21-22,27-28H,7-8,13-14H2,1-6H3,(H2,35,37,39)(H2,36,38,40)/t15-,16-,17-,18-,21-,22-,27-,28-,57+,58+/m1/s1. The number of esters is 2. The van der Waals surface area contributed by atoms with E-state index in [9.17, 15) is 18.7 Å². The van der Waals surface area contributed by atoms with Gasteiger partial charge in [-0.1, -0.05) is 0 Å². The minimum absolute atomic E-state index is 0.000547. The van der Waals surface area contributed by atoms with Crippen molar-refractivity contribution in [2.45, 2.75) is 90.8 Å². The first-order valence-electron chi connectivity index (χ1n) is 18.1. The summed E-state index contributed by atoms with van der Waals surface area (Å²) >= 11 is 0.813. The molecule has 0 radical (unpaired) electrons. The zero-order valence-electron chi connectivity index (χ0n) is 32.9. The number of carbonyl (C=O) groups is 2. The molecule has 3 saturated heterocycles. The number of imidazole rings is 2. The number of fused-ring (bicyclic) bond motifs is 4. The summed E-state index contributed by atoms with van der Waals surface area (Å²) < 4.78 is 112. The Morgan fingerprint density at radius 2 is 1.10 bits per heavy atom. The molecule has 3 fully saturated rings. The van der Waals surface area contributed by atoms with Gasteiger partial charge >= 0.3 is 25.5 Å². The molecule has 0 saturated carbocycles. The number of rotatable bonds is 8. The van der Waals surface area contributed by atoms with E-state index in [1.807, 2.05) is 0 Å². The molecule has 7 heterocycles. The summed E-state index contributed by atoms with van der Waals surface area (Å²) in [7, 11) is 0. The zero-order valence-corrected chi connectivity index (χ0v) is 36.3. The lowest BCUT2D eigenvalue weighted by Crippen LogP contribution is -2.37. The summed E-state index contributed by atoms with van der Waals surface area (Å²) in [5, 5.41) is 0. The summed E-state index contributed by atoms with van der Waals surface area (Å²) in [5.41, 5.74) is 10.4. The Labute approximate surface area is 348 Å². The monoisotopic (exact) mass is 922 g/mol. The van der Waals surface area contributed by atoms with Crippen LogP contribution >= 0.6 is 36.4 Å². The lowest BCUT2D eigenvalue weighted by molar-refractivity contribution is -0.151. The Balaban J connectivity index is 1.24. The van der Waals surface area contributed by atoms with Crippen LogP contribution < -0.4 is 11.5 Å². The van der Waals surface area contributed by atoms with E-state index >= 15 is 8.78 Å². The van der Waals surface area contributed by atoms with Crippen LogP contribution in [-0.2, 0) is 55.8 Å². The number of nitrogens with two attached hydrogens (primary N) is 2. The molecule has 0 bridgehead atoms. The summed E-state index contributed by atoms with van der Waals surface area (Å²) in [5.74, 6) is -2.47. The lowest BCUT2D eigenvalue weighted by Gasteiger charge is -2.30. The van der Waals surface area contributed by atoms with Crippen LogP contribution in [0.3, 0.4) is 0 Å². The van der Waals surface area contributed by atoms with E-state index in [0.29, 0.717) is 22.8 Å². The molecule has 0 unspecified atom stereocenters. The zero-order chi connectivity index (χ0) is 43.4. The number of anilines is 2. The van der Waals surface area contributed by atoms with Crippen molar-refractivity contribution in [3.63, 3.8) is 0 Å². The molecular weight excluding hydrogens is 880 g/mol. The molecule has 4 aromatic rings. The summed E-state index contributed by atoms with van der Waals surface area (Å²) in [6, 6.07) is 0. The van der Waals surface area contributed by atoms with Gasteiger partial charge in [-0.15, -0.1) is 0 Å². The summed E-state index contributed by atoms with van der Waals surface area (Å²) in [4.78, 5) is 49.7. The number of ether oxygens (including phenoxy) is 4. The van der Waals surface area contributed by atoms with Crippen molar-refractivity contribution in [1.82, 2.24) is 39.0 Å². The van der Waals surface area contributed by atoms with Gasteiger partial charge in [-0.05, 0) is 41.5 Å². The Bertz CT molecular complexity index is 2190. The maximum Gasteiger partial charge on any atom is 0.392 e. The third kappa shape index (κ3) is 9.13. The molecule has 60 heavy (non-hydrogen) atoms. The molecule has 22 nitrogen and oxygen atoms in total. The van der Waals surface area contributed by atoms with Gasteiger partial charge in [0.1, 0.15) is 60.0 Å². The normalized spacial score (nSPS) is 31.6. The van der Waals surface area contributed by atoms with Gasteiger partial charge in [0.2, 0.25) is 0 Å². The fourth-order valence-corrected chi connectivity index (χ4v) is 11.6. The maximum absolute atomic E-state index is 16.9. The molecule has 3 aliphatic rings. The van der Waals surface area contributed by atoms with Crippen molar-refractivity contribution >= 4 is 82.3 Å². The van der Waals surface area contributed by atoms with Crippen LogP contribution in [0.5, 0.6) is 0 Å². The van der Waals surface area contributed by atoms with Gasteiger partial charge in [0, 0.05) is 22.8 Å². The second-order valence-corrected chi connectivity index (χ2v) is 23.6. The predicted molar refractivity (Wildman–Crippen MR) is 210 cm³/mol. The van der Waals surface area contributed by atoms with Gasteiger partial charge in [-0.2, -0.15) is 0 Å². The molecule has 28 heteroatoms. The molecule has 328 valence electrons. The van der Waals surface area contributed by atoms with Gasteiger partial charge in [0.05, 0.1) is 36.7 Å². The molecule has 4 aromatic heterocycles. The van der Waals surface area contributed by atoms with E-state index < -0.39 is 111 Å². The van der Waals surface area contributed by atoms with E-state index in [-0.39, 0.29) is 34.0 Å². The molecule has 0 aliphatic carbocycles. The second-order valence-electron chi connectivity index (χ2n) is 15.7. The van der Waals surface area contributed by atoms with E-state index in [4.69, 9.17) is 48.5 Å². The quantitative estimate of drug-likeness (QED) is 0.135. The Morgan fingerprint density at radius 3 is 1.47 bits per heavy atom. The van der Waals surface area contributed by atoms with Gasteiger partial charge in [-0.25, -0.2) is 47.8 Å². The van der Waals surface area contributed by atoms with E-state index in [1.54, 1.807) is 41.5 Å². The van der Waals surface area contributed by atoms with Crippen molar-refractivity contribution in [2.75, 3.05) is 36.6 Å². The number of halogens is 2. The van der Waals surface area contributed by atoms with E-state index in [1.165, 1.54) is 21.8 Å². The number of hydrogen-bond donors (Lipinski definition) is 2. The van der Waals surface area contributed by atoms with Crippen LogP contribution in [0.4, 0.5) is 20.4 Å². The van der Waals surface area contributed by atoms with Crippen LogP contribution in [0.25, 0.3) is 22.3 Å². The van der Waals surface area contributed by atoms with Crippen molar-refractivity contribution in [3.05, 3.63) is 25.3 Å². The smallest absolute Gasteiger partial charge is 0.392 e. The van der Waals surface area contributed by atoms with Crippen molar-refractivity contribution in [1.29, 1.82) is 0 Å². The van der Waals surface area contributed by atoms with Crippen molar-refractivity contribution < 1.29 is 64.5 Å². The van der Waals surface area contributed by atoms with Gasteiger partial charge in [-0.3, -0.25) is 36.8 Å². The van der Waals surface area contributed by atoms with Crippen LogP contribution in [0.1, 0.15) is 54.0 Å². The number of nitrogens with zero attached hydrogens (tertiary/aromatic N) is 8. The number of carbonyl (C=O) groups excluding carboxylic acids is 2. The van der Waals surface area contributed by atoms with E-state index in [2.05, 4.69) is 29.9 Å². The first-order valence-corrected chi connectivity index (χ1v) is 24.4. The Morgan fingerprint density at radius 1 is 0.717 bits per heavy atom. The van der Waals surface area contributed by atoms with Gasteiger partial charge in [0.15, 0.2) is 47.7 Å². The van der Waals surface area contributed by atoms with E-state index in [0.717, 1.165) is 12.7 Å². The molecule has 4 N–H and O–H groups in total. The molecule has 0 aromatic carbocycles. The third-order valence-corrected chi connectivity index (χ3v) is 15.9. The molecular formula is C32H42F2N10O12P2S2. The highest BCUT2D eigenvalue weighted by Crippen LogP contribution is 2.66. The fourth-order valence-electron chi connectivity index (χ4n) is 6.01. The molecule has 10 atom stereocenters. The number of nitrogen functional groups attached to an aromatic ring is 2. The number of alkyl halides is 2. The topological polar surface area (TPSA) is 281 Å².